The van der Waals surface area contributed by atoms with E-state index in [-0.39, 0.29) is 11.7 Å². The van der Waals surface area contributed by atoms with Gasteiger partial charge in [0.2, 0.25) is 11.0 Å². The zero-order valence-electron chi connectivity index (χ0n) is 14.3. The molecule has 0 aliphatic heterocycles. The van der Waals surface area contributed by atoms with Gasteiger partial charge in [-0.05, 0) is 37.8 Å². The van der Waals surface area contributed by atoms with Gasteiger partial charge < -0.3 is 15.4 Å². The topological polar surface area (TPSA) is 99.9 Å². The summed E-state index contributed by atoms with van der Waals surface area (Å²) in [7, 11) is 1.61. The molecule has 1 aliphatic carbocycles. The van der Waals surface area contributed by atoms with Crippen LogP contribution in [0.5, 0.6) is 5.75 Å². The largest absolute Gasteiger partial charge is 0.495 e. The lowest BCUT2D eigenvalue weighted by Crippen LogP contribution is -2.45. The molecule has 0 saturated heterocycles. The third kappa shape index (κ3) is 4.45. The maximum absolute atomic E-state index is 12.2. The van der Waals surface area contributed by atoms with Gasteiger partial charge in [-0.1, -0.05) is 35.2 Å². The van der Waals surface area contributed by atoms with Gasteiger partial charge in [0.05, 0.1) is 24.6 Å². The summed E-state index contributed by atoms with van der Waals surface area (Å²) in [5, 5.41) is 24.2. The maximum atomic E-state index is 12.2. The third-order valence-electron chi connectivity index (χ3n) is 4.13. The van der Waals surface area contributed by atoms with Gasteiger partial charge in [-0.25, -0.2) is 0 Å². The number of aromatic nitrogens is 2. The van der Waals surface area contributed by atoms with Crippen LogP contribution in [0.2, 0.25) is 0 Å². The fourth-order valence-corrected chi connectivity index (χ4v) is 4.42. The number of carbonyl (C=O) groups is 1. The Morgan fingerprint density at radius 1 is 1.38 bits per heavy atom. The molecule has 2 N–H and O–H groups in total. The van der Waals surface area contributed by atoms with Crippen molar-refractivity contribution in [2.75, 3.05) is 18.2 Å². The normalized spacial score (nSPS) is 15.2. The number of amides is 1. The molecule has 1 aliphatic rings. The van der Waals surface area contributed by atoms with E-state index >= 15 is 0 Å². The molecule has 7 nitrogen and oxygen atoms in total. The first kappa shape index (κ1) is 18.5. The molecule has 26 heavy (non-hydrogen) atoms. The molecule has 2 aromatic rings. The van der Waals surface area contributed by atoms with E-state index in [1.54, 1.807) is 7.11 Å². The predicted octanol–water partition coefficient (Wildman–Crippen LogP) is 3.33. The second-order valence-corrected chi connectivity index (χ2v) is 8.14. The van der Waals surface area contributed by atoms with Gasteiger partial charge in [-0.3, -0.25) is 4.79 Å². The van der Waals surface area contributed by atoms with E-state index in [2.05, 4.69) is 26.9 Å². The number of carbonyl (C=O) groups excluding carboxylic acids is 1. The molecule has 1 aromatic heterocycles. The number of benzene rings is 1. The van der Waals surface area contributed by atoms with Crippen molar-refractivity contribution in [1.82, 2.24) is 15.5 Å². The van der Waals surface area contributed by atoms with Crippen molar-refractivity contribution >= 4 is 39.8 Å². The minimum absolute atomic E-state index is 0.145. The molecule has 1 fully saturated rings. The van der Waals surface area contributed by atoms with Crippen molar-refractivity contribution < 1.29 is 9.53 Å². The number of thioether (sulfide) groups is 1. The minimum Gasteiger partial charge on any atom is -0.495 e. The van der Waals surface area contributed by atoms with Crippen molar-refractivity contribution in [3.8, 4) is 11.8 Å². The van der Waals surface area contributed by atoms with Gasteiger partial charge in [0.25, 0.3) is 0 Å². The molecule has 0 atom stereocenters. The highest BCUT2D eigenvalue weighted by Gasteiger charge is 2.35. The minimum atomic E-state index is -0.685. The fraction of sp³-hybridized carbons (Fsp3) is 0.412. The number of methoxy groups -OCH3 is 1. The van der Waals surface area contributed by atoms with Crippen LogP contribution in [0, 0.1) is 11.3 Å². The number of para-hydroxylation sites is 2. The lowest BCUT2D eigenvalue weighted by Gasteiger charge is -2.21. The molecule has 0 spiro atoms. The maximum Gasteiger partial charge on any atom is 0.231 e. The van der Waals surface area contributed by atoms with E-state index < -0.39 is 5.54 Å². The summed E-state index contributed by atoms with van der Waals surface area (Å²) in [5.41, 5.74) is 0.118. The van der Waals surface area contributed by atoms with Crippen LogP contribution in [0.3, 0.4) is 0 Å². The molecule has 0 radical (unpaired) electrons. The predicted molar refractivity (Wildman–Crippen MR) is 102 cm³/mol. The Balaban J connectivity index is 1.54. The van der Waals surface area contributed by atoms with E-state index in [1.807, 2.05) is 24.3 Å². The van der Waals surface area contributed by atoms with Crippen LogP contribution < -0.4 is 15.4 Å². The number of rotatable bonds is 7. The Labute approximate surface area is 160 Å². The van der Waals surface area contributed by atoms with Gasteiger partial charge in [-0.15, -0.1) is 10.2 Å². The Hall–Kier alpha value is -2.31. The van der Waals surface area contributed by atoms with Crippen molar-refractivity contribution in [1.29, 1.82) is 5.26 Å². The third-order valence-corrected chi connectivity index (χ3v) is 6.10. The van der Waals surface area contributed by atoms with Gasteiger partial charge in [-0.2, -0.15) is 5.26 Å². The highest BCUT2D eigenvalue weighted by atomic mass is 32.2. The summed E-state index contributed by atoms with van der Waals surface area (Å²) >= 11 is 2.68. The number of nitriles is 1. The Bertz CT molecular complexity index is 811. The number of anilines is 2. The molecular weight excluding hydrogens is 370 g/mol. The highest BCUT2D eigenvalue weighted by molar-refractivity contribution is 8.01. The zero-order valence-corrected chi connectivity index (χ0v) is 16.0. The van der Waals surface area contributed by atoms with Crippen molar-refractivity contribution in [2.24, 2.45) is 0 Å². The molecular formula is C17H19N5O2S2. The van der Waals surface area contributed by atoms with Gasteiger partial charge in [0.15, 0.2) is 4.34 Å². The van der Waals surface area contributed by atoms with Gasteiger partial charge >= 0.3 is 0 Å². The molecule has 1 heterocycles. The average molecular weight is 390 g/mol. The number of ether oxygens (including phenoxy) is 1. The standard InChI is InChI=1S/C17H19N5O2S2/c1-24-13-7-3-2-6-12(13)19-15-21-22-16(26-15)25-10-14(23)20-17(11-18)8-4-5-9-17/h2-3,6-7H,4-5,8-10H2,1H3,(H,19,21)(H,20,23). The molecule has 9 heteroatoms. The van der Waals surface area contributed by atoms with Crippen LogP contribution in [-0.4, -0.2) is 34.5 Å². The summed E-state index contributed by atoms with van der Waals surface area (Å²) in [6.07, 6.45) is 3.42. The first-order valence-corrected chi connectivity index (χ1v) is 10.0. The Morgan fingerprint density at radius 2 is 2.15 bits per heavy atom. The van der Waals surface area contributed by atoms with Crippen LogP contribution in [0.4, 0.5) is 10.8 Å². The second kappa shape index (κ2) is 8.38. The first-order valence-electron chi connectivity index (χ1n) is 8.23. The van der Waals surface area contributed by atoms with E-state index in [4.69, 9.17) is 4.74 Å². The lowest BCUT2D eigenvalue weighted by molar-refractivity contribution is -0.119. The molecule has 3 rings (SSSR count). The lowest BCUT2D eigenvalue weighted by atomic mass is 10.0. The number of nitrogens with zero attached hydrogens (tertiary/aromatic N) is 3. The van der Waals surface area contributed by atoms with Crippen LogP contribution in [0.25, 0.3) is 0 Å². The van der Waals surface area contributed by atoms with Crippen LogP contribution in [0.1, 0.15) is 25.7 Å². The number of hydrogen-bond acceptors (Lipinski definition) is 8. The van der Waals surface area contributed by atoms with Crippen molar-refractivity contribution in [3.05, 3.63) is 24.3 Å². The molecule has 1 aromatic carbocycles. The van der Waals surface area contributed by atoms with Gasteiger partial charge in [0.1, 0.15) is 11.3 Å². The molecule has 0 bridgehead atoms. The molecule has 136 valence electrons. The summed E-state index contributed by atoms with van der Waals surface area (Å²) in [5.74, 6) is 0.787. The summed E-state index contributed by atoms with van der Waals surface area (Å²) in [6.45, 7) is 0. The molecule has 1 saturated carbocycles. The summed E-state index contributed by atoms with van der Waals surface area (Å²) in [6, 6.07) is 9.81. The van der Waals surface area contributed by atoms with E-state index in [0.29, 0.717) is 9.47 Å². The monoisotopic (exact) mass is 389 g/mol. The summed E-state index contributed by atoms with van der Waals surface area (Å²) < 4.78 is 5.99. The summed E-state index contributed by atoms with van der Waals surface area (Å²) in [4.78, 5) is 12.2. The van der Waals surface area contributed by atoms with Crippen LogP contribution in [0.15, 0.2) is 28.6 Å². The van der Waals surface area contributed by atoms with E-state index in [1.165, 1.54) is 23.1 Å². The van der Waals surface area contributed by atoms with E-state index in [0.717, 1.165) is 37.1 Å². The quantitative estimate of drug-likeness (QED) is 0.701. The van der Waals surface area contributed by atoms with E-state index in [9.17, 15) is 10.1 Å². The van der Waals surface area contributed by atoms with Crippen molar-refractivity contribution in [3.63, 3.8) is 0 Å². The SMILES string of the molecule is COc1ccccc1Nc1nnc(SCC(=O)NC2(C#N)CCCC2)s1. The second-order valence-electron chi connectivity index (χ2n) is 5.94. The highest BCUT2D eigenvalue weighted by Crippen LogP contribution is 2.32. The Kier molecular flexibility index (Phi) is 5.96. The molecule has 0 unspecified atom stereocenters. The first-order chi connectivity index (χ1) is 12.6. The average Bonchev–Trinajstić information content (AvgIpc) is 3.30. The van der Waals surface area contributed by atoms with Crippen molar-refractivity contribution in [2.45, 2.75) is 35.6 Å². The van der Waals surface area contributed by atoms with Crippen LogP contribution in [-0.2, 0) is 4.79 Å². The fourth-order valence-electron chi connectivity index (χ4n) is 2.86. The number of nitrogens with one attached hydrogen (secondary N) is 2. The molecule has 1 amide bonds. The zero-order chi connectivity index (χ0) is 18.4. The smallest absolute Gasteiger partial charge is 0.231 e. The van der Waals surface area contributed by atoms with Crippen LogP contribution >= 0.6 is 23.1 Å². The Morgan fingerprint density at radius 3 is 2.88 bits per heavy atom. The number of hydrogen-bond donors (Lipinski definition) is 2. The van der Waals surface area contributed by atoms with Gasteiger partial charge in [0, 0.05) is 0 Å².